The Balaban J connectivity index is 2.31. The summed E-state index contributed by atoms with van der Waals surface area (Å²) in [6.45, 7) is 6.27. The molecule has 1 atom stereocenters. The summed E-state index contributed by atoms with van der Waals surface area (Å²) in [7, 11) is 0. The Morgan fingerprint density at radius 3 is 2.61 bits per heavy atom. The lowest BCUT2D eigenvalue weighted by atomic mass is 10.0. The van der Waals surface area contributed by atoms with Gasteiger partial charge >= 0.3 is 0 Å². The topological polar surface area (TPSA) is 35.5 Å². The summed E-state index contributed by atoms with van der Waals surface area (Å²) in [5, 5.41) is 13.6. The monoisotopic (exact) mass is 376 g/mol. The summed E-state index contributed by atoms with van der Waals surface area (Å²) < 4.78 is 1.75. The number of phenolic OH excluding ortho intramolecular Hbond substituents is 1. The number of hydrogen-bond donors (Lipinski definition) is 2. The quantitative estimate of drug-likeness (QED) is 0.848. The van der Waals surface area contributed by atoms with Gasteiger partial charge in [-0.05, 0) is 34.5 Å². The van der Waals surface area contributed by atoms with Crippen LogP contribution in [-0.2, 0) is 0 Å². The molecule has 1 saturated heterocycles. The van der Waals surface area contributed by atoms with E-state index >= 15 is 0 Å². The van der Waals surface area contributed by atoms with Crippen molar-refractivity contribution < 1.29 is 5.11 Å². The molecule has 2 N–H and O–H groups in total. The van der Waals surface area contributed by atoms with E-state index in [1.165, 1.54) is 0 Å². The first-order chi connectivity index (χ1) is 8.63. The molecule has 100 valence electrons. The number of hydrogen-bond acceptors (Lipinski definition) is 3. The third-order valence-electron chi connectivity index (χ3n) is 3.40. The van der Waals surface area contributed by atoms with Crippen LogP contribution >= 0.6 is 31.9 Å². The lowest BCUT2D eigenvalue weighted by Gasteiger charge is -2.35. The Morgan fingerprint density at radius 1 is 1.33 bits per heavy atom. The number of piperazine rings is 1. The van der Waals surface area contributed by atoms with Gasteiger partial charge in [-0.15, -0.1) is 0 Å². The molecule has 1 heterocycles. The fraction of sp³-hybridized carbons (Fsp3) is 0.538. The number of benzene rings is 1. The van der Waals surface area contributed by atoms with Crippen LogP contribution in [-0.4, -0.2) is 36.2 Å². The second-order valence-electron chi connectivity index (χ2n) is 4.54. The Kier molecular flexibility index (Phi) is 5.06. The third kappa shape index (κ3) is 3.07. The van der Waals surface area contributed by atoms with Crippen LogP contribution < -0.4 is 5.32 Å². The molecular weight excluding hydrogens is 360 g/mol. The molecular formula is C13H18Br2N2O. The zero-order valence-electron chi connectivity index (χ0n) is 10.4. The zero-order valence-corrected chi connectivity index (χ0v) is 13.6. The fourth-order valence-corrected chi connectivity index (χ4v) is 3.77. The van der Waals surface area contributed by atoms with E-state index in [1.54, 1.807) is 0 Å². The highest BCUT2D eigenvalue weighted by Crippen LogP contribution is 2.38. The maximum Gasteiger partial charge on any atom is 0.134 e. The van der Waals surface area contributed by atoms with Crippen LogP contribution in [0.3, 0.4) is 0 Å². The second kappa shape index (κ2) is 6.37. The highest BCUT2D eigenvalue weighted by molar-refractivity contribution is 9.11. The van der Waals surface area contributed by atoms with Gasteiger partial charge in [0.15, 0.2) is 0 Å². The number of nitrogens with zero attached hydrogens (tertiary/aromatic N) is 1. The zero-order chi connectivity index (χ0) is 13.1. The molecule has 0 saturated carbocycles. The van der Waals surface area contributed by atoms with E-state index in [4.69, 9.17) is 0 Å². The van der Waals surface area contributed by atoms with Gasteiger partial charge in [0.05, 0.1) is 4.47 Å². The molecule has 0 unspecified atom stereocenters. The highest BCUT2D eigenvalue weighted by Gasteiger charge is 2.24. The first kappa shape index (κ1) is 14.3. The van der Waals surface area contributed by atoms with E-state index in [1.807, 2.05) is 12.1 Å². The van der Waals surface area contributed by atoms with Gasteiger partial charge in [-0.2, -0.15) is 0 Å². The van der Waals surface area contributed by atoms with Gasteiger partial charge < -0.3 is 10.4 Å². The van der Waals surface area contributed by atoms with Crippen LogP contribution in [0.1, 0.15) is 24.9 Å². The first-order valence-corrected chi connectivity index (χ1v) is 7.84. The van der Waals surface area contributed by atoms with E-state index in [0.717, 1.165) is 47.1 Å². The molecule has 0 aromatic heterocycles. The SMILES string of the molecule is CC[C@@H](c1cc(Br)cc(Br)c1O)N1CCNCC1. The van der Waals surface area contributed by atoms with Gasteiger partial charge in [0.1, 0.15) is 5.75 Å². The summed E-state index contributed by atoms with van der Waals surface area (Å²) >= 11 is 6.90. The van der Waals surface area contributed by atoms with Crippen molar-refractivity contribution >= 4 is 31.9 Å². The summed E-state index contributed by atoms with van der Waals surface area (Å²) in [4.78, 5) is 2.43. The molecule has 3 nitrogen and oxygen atoms in total. The number of aromatic hydroxyl groups is 1. The summed E-state index contributed by atoms with van der Waals surface area (Å²) in [5.74, 6) is 0.364. The van der Waals surface area contributed by atoms with E-state index in [0.29, 0.717) is 5.75 Å². The Bertz CT molecular complexity index is 420. The first-order valence-electron chi connectivity index (χ1n) is 6.26. The average molecular weight is 378 g/mol. The molecule has 1 aliphatic rings. The smallest absolute Gasteiger partial charge is 0.134 e. The van der Waals surface area contributed by atoms with Crippen molar-refractivity contribution in [3.63, 3.8) is 0 Å². The molecule has 0 bridgehead atoms. The molecule has 0 amide bonds. The van der Waals surface area contributed by atoms with Crippen LogP contribution in [0.25, 0.3) is 0 Å². The van der Waals surface area contributed by atoms with Crippen molar-refractivity contribution in [2.24, 2.45) is 0 Å². The number of rotatable bonds is 3. The Hall–Kier alpha value is -0.100. The molecule has 2 rings (SSSR count). The molecule has 0 spiro atoms. The van der Waals surface area contributed by atoms with Crippen molar-refractivity contribution in [1.82, 2.24) is 10.2 Å². The second-order valence-corrected chi connectivity index (χ2v) is 6.31. The molecule has 1 fully saturated rings. The molecule has 1 aromatic carbocycles. The summed E-state index contributed by atoms with van der Waals surface area (Å²) in [6, 6.07) is 4.18. The van der Waals surface area contributed by atoms with Crippen molar-refractivity contribution in [2.45, 2.75) is 19.4 Å². The maximum atomic E-state index is 10.2. The summed E-state index contributed by atoms with van der Waals surface area (Å²) in [6.07, 6.45) is 0.996. The van der Waals surface area contributed by atoms with Crippen molar-refractivity contribution in [3.8, 4) is 5.75 Å². The van der Waals surface area contributed by atoms with Gasteiger partial charge in [-0.1, -0.05) is 22.9 Å². The minimum Gasteiger partial charge on any atom is -0.506 e. The van der Waals surface area contributed by atoms with Gasteiger partial charge in [-0.3, -0.25) is 4.90 Å². The fourth-order valence-electron chi connectivity index (χ4n) is 2.51. The van der Waals surface area contributed by atoms with E-state index in [2.05, 4.69) is 49.0 Å². The lowest BCUT2D eigenvalue weighted by molar-refractivity contribution is 0.166. The molecule has 0 aliphatic carbocycles. The molecule has 0 radical (unpaired) electrons. The van der Waals surface area contributed by atoms with Gasteiger partial charge in [-0.25, -0.2) is 0 Å². The number of nitrogens with one attached hydrogen (secondary N) is 1. The average Bonchev–Trinajstić information content (AvgIpc) is 2.37. The molecule has 18 heavy (non-hydrogen) atoms. The summed E-state index contributed by atoms with van der Waals surface area (Å²) in [5.41, 5.74) is 1.00. The van der Waals surface area contributed by atoms with Crippen LogP contribution in [0, 0.1) is 0 Å². The van der Waals surface area contributed by atoms with Gasteiger partial charge in [0.2, 0.25) is 0 Å². The van der Waals surface area contributed by atoms with Crippen molar-refractivity contribution in [1.29, 1.82) is 0 Å². The van der Waals surface area contributed by atoms with Gasteiger partial charge in [0.25, 0.3) is 0 Å². The standard InChI is InChI=1S/C13H18Br2N2O/c1-2-12(17-5-3-16-4-6-17)10-7-9(14)8-11(15)13(10)18/h7-8,12,16,18H,2-6H2,1H3/t12-/m0/s1. The van der Waals surface area contributed by atoms with Crippen molar-refractivity contribution in [2.75, 3.05) is 26.2 Å². The molecule has 1 aliphatic heterocycles. The lowest BCUT2D eigenvalue weighted by Crippen LogP contribution is -2.45. The van der Waals surface area contributed by atoms with Crippen LogP contribution in [0.4, 0.5) is 0 Å². The Labute approximate surface area is 125 Å². The van der Waals surface area contributed by atoms with Crippen LogP contribution in [0.5, 0.6) is 5.75 Å². The molecule has 5 heteroatoms. The van der Waals surface area contributed by atoms with Crippen LogP contribution in [0.2, 0.25) is 0 Å². The number of phenols is 1. The van der Waals surface area contributed by atoms with Crippen molar-refractivity contribution in [3.05, 3.63) is 26.6 Å². The van der Waals surface area contributed by atoms with E-state index in [-0.39, 0.29) is 6.04 Å². The highest BCUT2D eigenvalue weighted by atomic mass is 79.9. The minimum atomic E-state index is 0.279. The minimum absolute atomic E-state index is 0.279. The number of halogens is 2. The van der Waals surface area contributed by atoms with Crippen LogP contribution in [0.15, 0.2) is 21.1 Å². The largest absolute Gasteiger partial charge is 0.506 e. The normalized spacial score (nSPS) is 18.8. The molecule has 1 aromatic rings. The Morgan fingerprint density at radius 2 is 2.00 bits per heavy atom. The van der Waals surface area contributed by atoms with E-state index in [9.17, 15) is 5.11 Å². The third-order valence-corrected chi connectivity index (χ3v) is 4.46. The van der Waals surface area contributed by atoms with E-state index < -0.39 is 0 Å². The maximum absolute atomic E-state index is 10.2. The predicted octanol–water partition coefficient (Wildman–Crippen LogP) is 3.27. The van der Waals surface area contributed by atoms with Gasteiger partial charge in [0, 0.05) is 42.3 Å². The predicted molar refractivity (Wildman–Crippen MR) is 81.0 cm³/mol.